The molecule has 1 aromatic carbocycles. The number of fused-ring (bicyclic) bond motifs is 2. The summed E-state index contributed by atoms with van der Waals surface area (Å²) >= 11 is 0. The van der Waals surface area contributed by atoms with Gasteiger partial charge < -0.3 is 16.4 Å². The number of anilines is 2. The van der Waals surface area contributed by atoms with Crippen LogP contribution in [0.5, 0.6) is 0 Å². The molecule has 0 bridgehead atoms. The zero-order valence-corrected chi connectivity index (χ0v) is 18.2. The minimum atomic E-state index is 0. The lowest BCUT2D eigenvalue weighted by atomic mass is 9.90. The number of guanidine groups is 1. The lowest BCUT2D eigenvalue weighted by molar-refractivity contribution is 0.687. The molecule has 0 unspecified atom stereocenters. The third kappa shape index (κ3) is 4.34. The maximum Gasteiger partial charge on any atom is 0.193 e. The Labute approximate surface area is 181 Å². The fourth-order valence-electron chi connectivity index (χ4n) is 3.53. The van der Waals surface area contributed by atoms with E-state index < -0.39 is 0 Å². The van der Waals surface area contributed by atoms with Gasteiger partial charge in [-0.2, -0.15) is 5.10 Å². The lowest BCUT2D eigenvalue weighted by Gasteiger charge is -2.19. The number of aromatic nitrogens is 4. The van der Waals surface area contributed by atoms with Crippen LogP contribution in [0.15, 0.2) is 35.7 Å². The predicted octanol–water partition coefficient (Wildman–Crippen LogP) is 2.70. The Morgan fingerprint density at radius 3 is 3.00 bits per heavy atom. The highest BCUT2D eigenvalue weighted by molar-refractivity contribution is 14.0. The van der Waals surface area contributed by atoms with E-state index in [-0.39, 0.29) is 24.0 Å². The minimum Gasteiger partial charge on any atom is -0.370 e. The second-order valence-corrected chi connectivity index (χ2v) is 6.70. The SMILES string of the molecule is Cn1ncc2c(NCCN=C(N)Nc3cccc4c3CCCC4)ncnc21.I. The number of aryl methyl sites for hydroxylation is 2. The molecule has 28 heavy (non-hydrogen) atoms. The topological polar surface area (TPSA) is 106 Å². The van der Waals surface area contributed by atoms with Crippen LogP contribution >= 0.6 is 24.0 Å². The third-order valence-electron chi connectivity index (χ3n) is 4.87. The Hall–Kier alpha value is -2.43. The quantitative estimate of drug-likeness (QED) is 0.219. The van der Waals surface area contributed by atoms with Crippen LogP contribution < -0.4 is 16.4 Å². The maximum atomic E-state index is 6.08. The van der Waals surface area contributed by atoms with E-state index in [1.54, 1.807) is 10.9 Å². The normalized spacial score (nSPS) is 13.7. The number of hydrogen-bond donors (Lipinski definition) is 3. The van der Waals surface area contributed by atoms with Gasteiger partial charge in [0.15, 0.2) is 11.6 Å². The zero-order chi connectivity index (χ0) is 18.6. The van der Waals surface area contributed by atoms with E-state index in [0.717, 1.165) is 35.4 Å². The van der Waals surface area contributed by atoms with Gasteiger partial charge in [-0.05, 0) is 42.9 Å². The van der Waals surface area contributed by atoms with Gasteiger partial charge in [-0.25, -0.2) is 9.97 Å². The second kappa shape index (κ2) is 9.18. The summed E-state index contributed by atoms with van der Waals surface area (Å²) in [6.07, 6.45) is 8.03. The summed E-state index contributed by atoms with van der Waals surface area (Å²) in [6, 6.07) is 6.36. The number of benzene rings is 1. The number of rotatable bonds is 5. The van der Waals surface area contributed by atoms with E-state index in [1.165, 1.54) is 30.3 Å². The van der Waals surface area contributed by atoms with Crippen LogP contribution in [-0.2, 0) is 19.9 Å². The van der Waals surface area contributed by atoms with Crippen molar-refractivity contribution >= 4 is 52.5 Å². The Morgan fingerprint density at radius 1 is 1.25 bits per heavy atom. The molecule has 3 aromatic rings. The first-order valence-corrected chi connectivity index (χ1v) is 9.26. The van der Waals surface area contributed by atoms with Crippen molar-refractivity contribution in [3.63, 3.8) is 0 Å². The molecule has 0 amide bonds. The lowest BCUT2D eigenvalue weighted by Crippen LogP contribution is -2.25. The standard InChI is InChI=1S/C19H24N8.HI/c1-27-18-15(11-25-27)17(23-12-24-18)21-9-10-22-19(20)26-16-8-4-6-13-5-2-3-7-14(13)16;/h4,6,8,11-12H,2-3,5,7,9-10H2,1H3,(H3,20,22,26)(H,21,23,24);1H. The largest absolute Gasteiger partial charge is 0.370 e. The first-order chi connectivity index (χ1) is 13.2. The van der Waals surface area contributed by atoms with Gasteiger partial charge in [-0.15, -0.1) is 24.0 Å². The maximum absolute atomic E-state index is 6.08. The van der Waals surface area contributed by atoms with Crippen LogP contribution in [0.1, 0.15) is 24.0 Å². The Morgan fingerprint density at radius 2 is 2.11 bits per heavy atom. The summed E-state index contributed by atoms with van der Waals surface area (Å²) in [5, 5.41) is 11.6. The smallest absolute Gasteiger partial charge is 0.193 e. The summed E-state index contributed by atoms with van der Waals surface area (Å²) in [4.78, 5) is 12.9. The molecule has 0 saturated heterocycles. The van der Waals surface area contributed by atoms with Gasteiger partial charge in [0.05, 0.1) is 18.1 Å². The highest BCUT2D eigenvalue weighted by Crippen LogP contribution is 2.27. The van der Waals surface area contributed by atoms with E-state index >= 15 is 0 Å². The predicted molar refractivity (Wildman–Crippen MR) is 123 cm³/mol. The van der Waals surface area contributed by atoms with E-state index in [0.29, 0.717) is 19.0 Å². The number of aliphatic imine (C=N–C) groups is 1. The van der Waals surface area contributed by atoms with Gasteiger partial charge >= 0.3 is 0 Å². The van der Waals surface area contributed by atoms with E-state index in [4.69, 9.17) is 5.73 Å². The highest BCUT2D eigenvalue weighted by Gasteiger charge is 2.13. The van der Waals surface area contributed by atoms with Gasteiger partial charge in [0.2, 0.25) is 0 Å². The first-order valence-electron chi connectivity index (χ1n) is 9.26. The van der Waals surface area contributed by atoms with Gasteiger partial charge in [0.25, 0.3) is 0 Å². The molecule has 2 heterocycles. The molecule has 0 aliphatic heterocycles. The van der Waals surface area contributed by atoms with Crippen LogP contribution in [0, 0.1) is 0 Å². The number of nitrogens with two attached hydrogens (primary N) is 1. The molecule has 2 aromatic heterocycles. The van der Waals surface area contributed by atoms with Gasteiger partial charge in [-0.3, -0.25) is 9.67 Å². The average molecular weight is 492 g/mol. The summed E-state index contributed by atoms with van der Waals surface area (Å²) in [7, 11) is 1.86. The van der Waals surface area contributed by atoms with E-state index in [1.807, 2.05) is 7.05 Å². The number of nitrogens with zero attached hydrogens (tertiary/aromatic N) is 5. The van der Waals surface area contributed by atoms with E-state index in [9.17, 15) is 0 Å². The van der Waals surface area contributed by atoms with E-state index in [2.05, 4.69) is 48.9 Å². The average Bonchev–Trinajstić information content (AvgIpc) is 3.07. The monoisotopic (exact) mass is 492 g/mol. The molecule has 8 nitrogen and oxygen atoms in total. The van der Waals surface area contributed by atoms with Crippen molar-refractivity contribution in [2.24, 2.45) is 17.8 Å². The molecule has 4 N–H and O–H groups in total. The molecular weight excluding hydrogens is 467 g/mol. The number of nitrogens with one attached hydrogen (secondary N) is 2. The molecule has 0 radical (unpaired) electrons. The molecule has 148 valence electrons. The number of hydrogen-bond acceptors (Lipinski definition) is 5. The van der Waals surface area contributed by atoms with Gasteiger partial charge in [0, 0.05) is 19.3 Å². The first kappa shape index (κ1) is 20.3. The summed E-state index contributed by atoms with van der Waals surface area (Å²) in [5.41, 5.74) is 10.8. The molecule has 1 aliphatic carbocycles. The van der Waals surface area contributed by atoms with Crippen molar-refractivity contribution in [3.05, 3.63) is 41.9 Å². The fraction of sp³-hybridized carbons (Fsp3) is 0.368. The molecule has 1 aliphatic rings. The van der Waals surface area contributed by atoms with Crippen molar-refractivity contribution in [3.8, 4) is 0 Å². The third-order valence-corrected chi connectivity index (χ3v) is 4.87. The molecule has 9 heteroatoms. The van der Waals surface area contributed by atoms with Crippen molar-refractivity contribution in [2.75, 3.05) is 23.7 Å². The summed E-state index contributed by atoms with van der Waals surface area (Å²) in [6.45, 7) is 1.16. The van der Waals surface area contributed by atoms with Crippen LogP contribution in [0.25, 0.3) is 11.0 Å². The van der Waals surface area contributed by atoms with Crippen molar-refractivity contribution < 1.29 is 0 Å². The minimum absolute atomic E-state index is 0. The highest BCUT2D eigenvalue weighted by atomic mass is 127. The van der Waals surface area contributed by atoms with Crippen LogP contribution in [0.4, 0.5) is 11.5 Å². The van der Waals surface area contributed by atoms with Crippen LogP contribution in [0.2, 0.25) is 0 Å². The van der Waals surface area contributed by atoms with Crippen molar-refractivity contribution in [1.82, 2.24) is 19.7 Å². The Balaban J connectivity index is 0.00000225. The molecular formula is C19H25IN8. The molecule has 0 atom stereocenters. The summed E-state index contributed by atoms with van der Waals surface area (Å²) in [5.74, 6) is 1.19. The van der Waals surface area contributed by atoms with Gasteiger partial charge in [-0.1, -0.05) is 12.1 Å². The van der Waals surface area contributed by atoms with Crippen molar-refractivity contribution in [2.45, 2.75) is 25.7 Å². The molecule has 4 rings (SSSR count). The van der Waals surface area contributed by atoms with Crippen LogP contribution in [-0.4, -0.2) is 38.8 Å². The summed E-state index contributed by atoms with van der Waals surface area (Å²) < 4.78 is 1.73. The molecule has 0 spiro atoms. The van der Waals surface area contributed by atoms with Gasteiger partial charge in [0.1, 0.15) is 12.1 Å². The fourth-order valence-corrected chi connectivity index (χ4v) is 3.53. The Kier molecular flexibility index (Phi) is 6.65. The van der Waals surface area contributed by atoms with Crippen molar-refractivity contribution in [1.29, 1.82) is 0 Å². The number of halogens is 1. The Bertz CT molecular complexity index is 981. The second-order valence-electron chi connectivity index (χ2n) is 6.70. The molecule has 0 fully saturated rings. The van der Waals surface area contributed by atoms with Crippen LogP contribution in [0.3, 0.4) is 0 Å². The zero-order valence-electron chi connectivity index (χ0n) is 15.9. The molecule has 0 saturated carbocycles.